The first-order chi connectivity index (χ1) is 17.8. The average molecular weight is 524 g/mol. The second-order valence-corrected chi connectivity index (χ2v) is 9.53. The van der Waals surface area contributed by atoms with Crippen molar-refractivity contribution >= 4 is 23.2 Å². The summed E-state index contributed by atoms with van der Waals surface area (Å²) in [6.07, 6.45) is -0.335. The summed E-state index contributed by atoms with van der Waals surface area (Å²) in [4.78, 5) is 19.6. The lowest BCUT2D eigenvalue weighted by atomic mass is 9.99. The number of carbonyl (C=O) groups is 1. The third kappa shape index (κ3) is 7.11. The van der Waals surface area contributed by atoms with Crippen LogP contribution in [0.4, 0.5) is 13.2 Å². The van der Waals surface area contributed by atoms with Gasteiger partial charge in [0.15, 0.2) is 0 Å². The number of hydrogen-bond acceptors (Lipinski definition) is 4. The molecule has 1 aliphatic heterocycles. The van der Waals surface area contributed by atoms with Gasteiger partial charge in [-0.15, -0.1) is 0 Å². The Morgan fingerprint density at radius 1 is 1.00 bits per heavy atom. The Labute approximate surface area is 219 Å². The Morgan fingerprint density at radius 2 is 1.59 bits per heavy atom. The van der Waals surface area contributed by atoms with Crippen molar-refractivity contribution in [3.63, 3.8) is 0 Å². The van der Waals surface area contributed by atoms with Crippen molar-refractivity contribution in [3.8, 4) is 0 Å². The predicted molar refractivity (Wildman–Crippen MR) is 143 cm³/mol. The van der Waals surface area contributed by atoms with E-state index in [1.54, 1.807) is 12.6 Å². The molecule has 37 heavy (non-hydrogen) atoms. The minimum atomic E-state index is -4.35. The summed E-state index contributed by atoms with van der Waals surface area (Å²) >= 11 is 1.15. The van der Waals surface area contributed by atoms with Crippen LogP contribution < -0.4 is 5.32 Å². The van der Waals surface area contributed by atoms with Gasteiger partial charge >= 0.3 is 6.18 Å². The van der Waals surface area contributed by atoms with Crippen molar-refractivity contribution in [1.82, 2.24) is 10.2 Å². The number of rotatable bonds is 8. The third-order valence-corrected chi connectivity index (χ3v) is 6.85. The van der Waals surface area contributed by atoms with Gasteiger partial charge in [-0.05, 0) is 35.1 Å². The average Bonchev–Trinajstić information content (AvgIpc) is 2.92. The molecule has 192 valence electrons. The van der Waals surface area contributed by atoms with Gasteiger partial charge in [-0.25, -0.2) is 0 Å². The first-order valence-corrected chi connectivity index (χ1v) is 13.1. The van der Waals surface area contributed by atoms with Crippen LogP contribution >= 0.6 is 11.8 Å². The Morgan fingerprint density at radius 3 is 2.14 bits per heavy atom. The van der Waals surface area contributed by atoms with Crippen molar-refractivity contribution in [2.45, 2.75) is 25.2 Å². The van der Waals surface area contributed by atoms with E-state index in [1.165, 1.54) is 12.1 Å². The Hall–Kier alpha value is -3.36. The van der Waals surface area contributed by atoms with Crippen molar-refractivity contribution in [2.75, 3.05) is 19.3 Å². The molecular weight excluding hydrogens is 495 g/mol. The Bertz CT molecular complexity index is 1200. The SMILES string of the molecule is CSC(=O)C1=C(NC=NC(c2ccccc2)c2ccccc2)CCN(Cc2ccc(C(F)(F)F)cc2)C1. The van der Waals surface area contributed by atoms with Gasteiger partial charge in [0.25, 0.3) is 0 Å². The van der Waals surface area contributed by atoms with E-state index in [0.717, 1.165) is 46.3 Å². The van der Waals surface area contributed by atoms with E-state index >= 15 is 0 Å². The quantitative estimate of drug-likeness (QED) is 0.272. The van der Waals surface area contributed by atoms with E-state index < -0.39 is 11.7 Å². The molecule has 0 spiro atoms. The monoisotopic (exact) mass is 523 g/mol. The fourth-order valence-electron chi connectivity index (χ4n) is 4.31. The molecule has 3 aromatic rings. The molecule has 0 radical (unpaired) electrons. The molecule has 0 fully saturated rings. The summed E-state index contributed by atoms with van der Waals surface area (Å²) in [5.74, 6) is 0. The Balaban J connectivity index is 1.49. The van der Waals surface area contributed by atoms with Crippen molar-refractivity contribution in [1.29, 1.82) is 0 Å². The fourth-order valence-corrected chi connectivity index (χ4v) is 4.74. The second kappa shape index (κ2) is 12.3. The normalized spacial score (nSPS) is 14.9. The second-order valence-electron chi connectivity index (χ2n) is 8.75. The summed E-state index contributed by atoms with van der Waals surface area (Å²) in [5.41, 5.74) is 3.72. The van der Waals surface area contributed by atoms with Crippen LogP contribution in [0.15, 0.2) is 101 Å². The maximum atomic E-state index is 12.9. The van der Waals surface area contributed by atoms with Crippen molar-refractivity contribution in [3.05, 3.63) is 118 Å². The number of thioether (sulfide) groups is 1. The molecule has 4 rings (SSSR count). The van der Waals surface area contributed by atoms with Gasteiger partial charge in [0.2, 0.25) is 5.12 Å². The molecule has 0 bridgehead atoms. The maximum Gasteiger partial charge on any atom is 0.416 e. The van der Waals surface area contributed by atoms with E-state index in [-0.39, 0.29) is 11.2 Å². The zero-order valence-corrected chi connectivity index (χ0v) is 21.2. The largest absolute Gasteiger partial charge is 0.416 e. The lowest BCUT2D eigenvalue weighted by molar-refractivity contribution is -0.137. The number of nitrogens with one attached hydrogen (secondary N) is 1. The van der Waals surface area contributed by atoms with E-state index in [1.807, 2.05) is 60.7 Å². The predicted octanol–water partition coefficient (Wildman–Crippen LogP) is 6.46. The summed E-state index contributed by atoms with van der Waals surface area (Å²) in [5, 5.41) is 3.24. The number of benzene rings is 3. The molecule has 3 aromatic carbocycles. The molecule has 0 amide bonds. The first kappa shape index (κ1) is 26.7. The highest BCUT2D eigenvalue weighted by Gasteiger charge is 2.30. The Kier molecular flexibility index (Phi) is 8.84. The van der Waals surface area contributed by atoms with Crippen LogP contribution in [0.25, 0.3) is 0 Å². The minimum Gasteiger partial charge on any atom is -0.350 e. The molecule has 1 aliphatic rings. The van der Waals surface area contributed by atoms with Gasteiger partial charge in [-0.1, -0.05) is 84.6 Å². The van der Waals surface area contributed by atoms with Gasteiger partial charge in [0.1, 0.15) is 6.04 Å². The third-order valence-electron chi connectivity index (χ3n) is 6.24. The first-order valence-electron chi connectivity index (χ1n) is 11.9. The van der Waals surface area contributed by atoms with Gasteiger partial charge in [-0.2, -0.15) is 13.2 Å². The molecule has 0 unspecified atom stereocenters. The summed E-state index contributed by atoms with van der Waals surface area (Å²) in [6.45, 7) is 1.55. The standard InChI is InChI=1S/C29H28F3N3OS/c1-37-28(36)25-19-35(18-21-12-14-24(15-13-21)29(30,31)32)17-16-26(25)33-20-34-27(22-8-4-2-5-9-22)23-10-6-3-7-11-23/h2-15,20,27H,16-19H2,1H3,(H,33,34). The molecular formula is C29H28F3N3OS. The van der Waals surface area contributed by atoms with Crippen LogP contribution in [0, 0.1) is 0 Å². The van der Waals surface area contributed by atoms with Gasteiger partial charge in [0, 0.05) is 37.3 Å². The van der Waals surface area contributed by atoms with E-state index in [0.29, 0.717) is 31.6 Å². The highest BCUT2D eigenvalue weighted by Crippen LogP contribution is 2.30. The zero-order valence-electron chi connectivity index (χ0n) is 20.4. The van der Waals surface area contributed by atoms with E-state index in [4.69, 9.17) is 4.99 Å². The highest BCUT2D eigenvalue weighted by atomic mass is 32.2. The maximum absolute atomic E-state index is 12.9. The summed E-state index contributed by atoms with van der Waals surface area (Å²) < 4.78 is 38.6. The summed E-state index contributed by atoms with van der Waals surface area (Å²) in [7, 11) is 0. The molecule has 4 nitrogen and oxygen atoms in total. The lowest BCUT2D eigenvalue weighted by Gasteiger charge is -2.30. The molecule has 0 aromatic heterocycles. The topological polar surface area (TPSA) is 44.7 Å². The fraction of sp³-hybridized carbons (Fsp3) is 0.241. The molecule has 1 heterocycles. The number of hydrogen-bond donors (Lipinski definition) is 1. The van der Waals surface area contributed by atoms with Crippen LogP contribution in [0.3, 0.4) is 0 Å². The van der Waals surface area contributed by atoms with Crippen molar-refractivity contribution < 1.29 is 18.0 Å². The summed E-state index contributed by atoms with van der Waals surface area (Å²) in [6, 6.07) is 25.0. The van der Waals surface area contributed by atoms with Crippen LogP contribution in [0.1, 0.15) is 34.7 Å². The van der Waals surface area contributed by atoms with Crippen LogP contribution in [-0.4, -0.2) is 35.7 Å². The number of carbonyl (C=O) groups excluding carboxylic acids is 1. The van der Waals surface area contributed by atoms with Gasteiger partial charge < -0.3 is 5.32 Å². The van der Waals surface area contributed by atoms with E-state index in [2.05, 4.69) is 10.2 Å². The van der Waals surface area contributed by atoms with Crippen LogP contribution in [-0.2, 0) is 17.5 Å². The lowest BCUT2D eigenvalue weighted by Crippen LogP contribution is -2.36. The zero-order chi connectivity index (χ0) is 26.3. The number of halogens is 3. The molecule has 0 saturated carbocycles. The number of aliphatic imine (C=N–C) groups is 1. The van der Waals surface area contributed by atoms with Gasteiger partial charge in [-0.3, -0.25) is 14.7 Å². The minimum absolute atomic E-state index is 0.0318. The highest BCUT2D eigenvalue weighted by molar-refractivity contribution is 8.13. The number of alkyl halides is 3. The molecule has 0 atom stereocenters. The van der Waals surface area contributed by atoms with Gasteiger partial charge in [0.05, 0.1) is 11.9 Å². The van der Waals surface area contributed by atoms with E-state index in [9.17, 15) is 18.0 Å². The van der Waals surface area contributed by atoms with Crippen LogP contribution in [0.2, 0.25) is 0 Å². The molecule has 8 heteroatoms. The van der Waals surface area contributed by atoms with Crippen molar-refractivity contribution in [2.24, 2.45) is 4.99 Å². The molecule has 0 aliphatic carbocycles. The smallest absolute Gasteiger partial charge is 0.350 e. The number of nitrogens with zero attached hydrogens (tertiary/aromatic N) is 2. The molecule has 1 N–H and O–H groups in total. The molecule has 0 saturated heterocycles. The van der Waals surface area contributed by atoms with Crippen LogP contribution in [0.5, 0.6) is 0 Å².